The summed E-state index contributed by atoms with van der Waals surface area (Å²) >= 11 is 0. The Morgan fingerprint density at radius 2 is 1.82 bits per heavy atom. The average molecular weight is 457 g/mol. The molecular formula is C29H32N2O3. The molecule has 3 aromatic rings. The van der Waals surface area contributed by atoms with Crippen LogP contribution in [0.5, 0.6) is 11.5 Å². The number of hydrogen-bond acceptors (Lipinski definition) is 4. The predicted molar refractivity (Wildman–Crippen MR) is 137 cm³/mol. The molecule has 1 aliphatic heterocycles. The predicted octanol–water partition coefficient (Wildman–Crippen LogP) is 5.64. The van der Waals surface area contributed by atoms with Crippen LogP contribution in [0.4, 0.5) is 0 Å². The summed E-state index contributed by atoms with van der Waals surface area (Å²) in [5.74, 6) is 3.93. The van der Waals surface area contributed by atoms with Gasteiger partial charge in [0.1, 0.15) is 0 Å². The number of hydrogen-bond donors (Lipinski definition) is 0. The number of rotatable bonds is 7. The lowest BCUT2D eigenvalue weighted by Gasteiger charge is -2.27. The second kappa shape index (κ2) is 9.79. The minimum atomic E-state index is -0.527. The largest absolute Gasteiger partial charge is 0.493 e. The number of nitrogens with zero attached hydrogens (tertiary/aromatic N) is 2. The van der Waals surface area contributed by atoms with Crippen molar-refractivity contribution in [2.75, 3.05) is 27.3 Å². The molecule has 0 radical (unpaired) electrons. The van der Waals surface area contributed by atoms with E-state index in [1.54, 1.807) is 18.8 Å². The lowest BCUT2D eigenvalue weighted by Crippen LogP contribution is -2.29. The highest BCUT2D eigenvalue weighted by Crippen LogP contribution is 2.38. The molecule has 0 aliphatic carbocycles. The maximum atomic E-state index is 13.4. The minimum Gasteiger partial charge on any atom is -0.493 e. The number of carbonyl (C=O) groups excluding carboxylic acids is 1. The van der Waals surface area contributed by atoms with E-state index in [9.17, 15) is 4.79 Å². The van der Waals surface area contributed by atoms with Gasteiger partial charge in [0, 0.05) is 54.7 Å². The second-order valence-electron chi connectivity index (χ2n) is 9.45. The molecule has 5 heteroatoms. The average Bonchev–Trinajstić information content (AvgIpc) is 3.22. The van der Waals surface area contributed by atoms with E-state index in [4.69, 9.17) is 15.9 Å². The first-order valence-electron chi connectivity index (χ1n) is 11.6. The second-order valence-corrected chi connectivity index (χ2v) is 9.45. The highest BCUT2D eigenvalue weighted by Gasteiger charge is 2.25. The van der Waals surface area contributed by atoms with E-state index >= 15 is 0 Å². The summed E-state index contributed by atoms with van der Waals surface area (Å²) < 4.78 is 12.8. The molecule has 1 aromatic heterocycles. The van der Waals surface area contributed by atoms with Crippen LogP contribution >= 0.6 is 0 Å². The van der Waals surface area contributed by atoms with Crippen LogP contribution in [0.1, 0.15) is 42.6 Å². The summed E-state index contributed by atoms with van der Waals surface area (Å²) in [5, 5.41) is 0.970. The van der Waals surface area contributed by atoms with E-state index < -0.39 is 5.41 Å². The van der Waals surface area contributed by atoms with E-state index in [1.807, 2.05) is 38.2 Å². The van der Waals surface area contributed by atoms with Gasteiger partial charge in [0.2, 0.25) is 5.91 Å². The molecule has 0 atom stereocenters. The normalized spacial score (nSPS) is 14.5. The highest BCUT2D eigenvalue weighted by molar-refractivity contribution is 6.01. The standard InChI is InChI=1S/C29H32N2O3/c1-6-29(2,3)17-28(32)31-20-24(23-15-26(33-4)27(34-5)16-25(23)31)22-13-10-14-30(19-22)18-21-11-8-7-9-12-21/h1,7-9,11-13,15-16,20H,10,14,17-19H2,2-5H3. The number of fused-ring (bicyclic) bond motifs is 1. The van der Waals surface area contributed by atoms with Crippen LogP contribution < -0.4 is 9.47 Å². The Morgan fingerprint density at radius 3 is 2.50 bits per heavy atom. The van der Waals surface area contributed by atoms with Crippen LogP contribution in [0.25, 0.3) is 16.5 Å². The van der Waals surface area contributed by atoms with E-state index in [0.717, 1.165) is 42.5 Å². The molecule has 5 nitrogen and oxygen atoms in total. The molecule has 0 N–H and O–H groups in total. The van der Waals surface area contributed by atoms with Gasteiger partial charge in [-0.3, -0.25) is 14.3 Å². The third-order valence-corrected chi connectivity index (χ3v) is 6.39. The van der Waals surface area contributed by atoms with Gasteiger partial charge in [0.15, 0.2) is 11.5 Å². The van der Waals surface area contributed by atoms with Gasteiger partial charge < -0.3 is 9.47 Å². The monoisotopic (exact) mass is 456 g/mol. The summed E-state index contributed by atoms with van der Waals surface area (Å²) in [7, 11) is 3.23. The number of ether oxygens (including phenoxy) is 2. The molecule has 1 aliphatic rings. The van der Waals surface area contributed by atoms with E-state index in [2.05, 4.69) is 41.2 Å². The highest BCUT2D eigenvalue weighted by atomic mass is 16.5. The van der Waals surface area contributed by atoms with Gasteiger partial charge >= 0.3 is 0 Å². The van der Waals surface area contributed by atoms with Gasteiger partial charge in [-0.2, -0.15) is 0 Å². The molecule has 0 amide bonds. The van der Waals surface area contributed by atoms with E-state index in [-0.39, 0.29) is 12.3 Å². The molecule has 0 spiro atoms. The first-order valence-corrected chi connectivity index (χ1v) is 11.6. The fraction of sp³-hybridized carbons (Fsp3) is 0.345. The van der Waals surface area contributed by atoms with Crippen LogP contribution in [0.15, 0.2) is 54.7 Å². The Kier molecular flexibility index (Phi) is 6.81. The summed E-state index contributed by atoms with van der Waals surface area (Å²) in [6.07, 6.45) is 11.1. The van der Waals surface area contributed by atoms with Crippen molar-refractivity contribution in [2.45, 2.75) is 33.2 Å². The van der Waals surface area contributed by atoms with Crippen molar-refractivity contribution >= 4 is 22.4 Å². The third kappa shape index (κ3) is 4.88. The summed E-state index contributed by atoms with van der Waals surface area (Å²) in [4.78, 5) is 15.8. The summed E-state index contributed by atoms with van der Waals surface area (Å²) in [6.45, 7) is 6.53. The van der Waals surface area contributed by atoms with Crippen molar-refractivity contribution in [1.29, 1.82) is 0 Å². The smallest absolute Gasteiger partial charge is 0.232 e. The quantitative estimate of drug-likeness (QED) is 0.432. The summed E-state index contributed by atoms with van der Waals surface area (Å²) in [6, 6.07) is 14.4. The third-order valence-electron chi connectivity index (χ3n) is 6.39. The van der Waals surface area contributed by atoms with Crippen molar-refractivity contribution in [3.05, 3.63) is 65.9 Å². The molecule has 2 heterocycles. The Labute approximate surface area is 202 Å². The Hall–Kier alpha value is -3.49. The zero-order chi connectivity index (χ0) is 24.3. The molecular weight excluding hydrogens is 424 g/mol. The zero-order valence-electron chi connectivity index (χ0n) is 20.4. The number of carbonyl (C=O) groups is 1. The Balaban J connectivity index is 1.75. The van der Waals surface area contributed by atoms with Crippen LogP contribution in [0.2, 0.25) is 0 Å². The van der Waals surface area contributed by atoms with Crippen molar-refractivity contribution in [3.63, 3.8) is 0 Å². The fourth-order valence-corrected chi connectivity index (χ4v) is 4.51. The van der Waals surface area contributed by atoms with Crippen LogP contribution in [-0.4, -0.2) is 42.7 Å². The van der Waals surface area contributed by atoms with Crippen molar-refractivity contribution < 1.29 is 14.3 Å². The molecule has 176 valence electrons. The van der Waals surface area contributed by atoms with Crippen LogP contribution in [0.3, 0.4) is 0 Å². The Bertz CT molecular complexity index is 1260. The number of aromatic nitrogens is 1. The van der Waals surface area contributed by atoms with Crippen molar-refractivity contribution in [1.82, 2.24) is 9.47 Å². The SMILES string of the molecule is C#CC(C)(C)CC(=O)n1cc(C2=CCCN(Cc3ccccc3)C2)c2cc(OC)c(OC)cc21. The molecule has 0 unspecified atom stereocenters. The van der Waals surface area contributed by atoms with Gasteiger partial charge in [0.05, 0.1) is 19.7 Å². The number of methoxy groups -OCH3 is 2. The number of terminal acetylenes is 1. The van der Waals surface area contributed by atoms with Gasteiger partial charge in [-0.1, -0.05) is 42.3 Å². The van der Waals surface area contributed by atoms with E-state index in [1.165, 1.54) is 11.1 Å². The van der Waals surface area contributed by atoms with Gasteiger partial charge in [0.25, 0.3) is 0 Å². The summed E-state index contributed by atoms with van der Waals surface area (Å²) in [5.41, 5.74) is 3.82. The topological polar surface area (TPSA) is 43.7 Å². The lowest BCUT2D eigenvalue weighted by molar-refractivity contribution is 0.0876. The molecule has 0 saturated heterocycles. The van der Waals surface area contributed by atoms with Crippen molar-refractivity contribution in [2.24, 2.45) is 5.41 Å². The first kappa shape index (κ1) is 23.7. The molecule has 2 aromatic carbocycles. The van der Waals surface area contributed by atoms with Gasteiger partial charge in [-0.25, -0.2) is 0 Å². The zero-order valence-corrected chi connectivity index (χ0v) is 20.4. The maximum Gasteiger partial charge on any atom is 0.232 e. The molecule has 4 rings (SSSR count). The molecule has 0 fully saturated rings. The van der Waals surface area contributed by atoms with Gasteiger partial charge in [-0.15, -0.1) is 6.42 Å². The fourth-order valence-electron chi connectivity index (χ4n) is 4.51. The maximum absolute atomic E-state index is 13.4. The van der Waals surface area contributed by atoms with Crippen LogP contribution in [0, 0.1) is 17.8 Å². The minimum absolute atomic E-state index is 0.0380. The first-order chi connectivity index (χ1) is 16.3. The van der Waals surface area contributed by atoms with Crippen LogP contribution in [-0.2, 0) is 6.54 Å². The lowest BCUT2D eigenvalue weighted by atomic mass is 9.90. The van der Waals surface area contributed by atoms with Crippen molar-refractivity contribution in [3.8, 4) is 23.8 Å². The van der Waals surface area contributed by atoms with Gasteiger partial charge in [-0.05, 0) is 37.5 Å². The molecule has 34 heavy (non-hydrogen) atoms. The number of benzene rings is 2. The van der Waals surface area contributed by atoms with E-state index in [0.29, 0.717) is 11.5 Å². The Morgan fingerprint density at radius 1 is 1.12 bits per heavy atom. The molecule has 0 bridgehead atoms. The molecule has 0 saturated carbocycles.